The van der Waals surface area contributed by atoms with Crippen LogP contribution in [0.25, 0.3) is 0 Å². The van der Waals surface area contributed by atoms with Gasteiger partial charge in [-0.1, -0.05) is 0 Å². The average Bonchev–Trinajstić information content (AvgIpc) is 2.71. The van der Waals surface area contributed by atoms with E-state index in [1.165, 1.54) is 6.92 Å². The fourth-order valence-corrected chi connectivity index (χ4v) is 0.610. The first-order chi connectivity index (χ1) is 5.59. The van der Waals surface area contributed by atoms with Crippen LogP contribution in [0.15, 0.2) is 0 Å². The zero-order chi connectivity index (χ0) is 9.14. The number of carboxylic acid groups (broad SMARTS) is 1. The van der Waals surface area contributed by atoms with E-state index in [-0.39, 0.29) is 6.10 Å². The summed E-state index contributed by atoms with van der Waals surface area (Å²) in [5, 5.41) is 10.6. The minimum Gasteiger partial charge on any atom is -0.480 e. The van der Waals surface area contributed by atoms with E-state index in [4.69, 9.17) is 9.84 Å². The lowest BCUT2D eigenvalue weighted by Crippen LogP contribution is -2.38. The first-order valence-corrected chi connectivity index (χ1v) is 3.79. The van der Waals surface area contributed by atoms with E-state index < -0.39 is 18.1 Å². The molecule has 1 saturated carbocycles. The molecule has 1 fully saturated rings. The van der Waals surface area contributed by atoms with E-state index in [0.29, 0.717) is 0 Å². The van der Waals surface area contributed by atoms with Crippen LogP contribution in [0.1, 0.15) is 19.8 Å². The van der Waals surface area contributed by atoms with E-state index in [2.05, 4.69) is 5.32 Å². The molecule has 0 radical (unpaired) electrons. The van der Waals surface area contributed by atoms with E-state index in [9.17, 15) is 9.59 Å². The number of ether oxygens (including phenoxy) is 1. The maximum atomic E-state index is 10.8. The van der Waals surface area contributed by atoms with Crippen molar-refractivity contribution in [3.63, 3.8) is 0 Å². The monoisotopic (exact) mass is 173 g/mol. The summed E-state index contributed by atoms with van der Waals surface area (Å²) in [5.41, 5.74) is 0. The predicted molar refractivity (Wildman–Crippen MR) is 39.7 cm³/mol. The number of carboxylic acids is 1. The van der Waals surface area contributed by atoms with Crippen molar-refractivity contribution in [1.29, 1.82) is 0 Å². The standard InChI is InChI=1S/C7H11NO4/c1-4(6(9)10)8-7(11)12-5-2-3-5/h4-5H,2-3H2,1H3,(H,8,11)(H,9,10). The van der Waals surface area contributed by atoms with Crippen LogP contribution >= 0.6 is 0 Å². The second-order valence-electron chi connectivity index (χ2n) is 2.81. The van der Waals surface area contributed by atoms with Gasteiger partial charge in [-0.3, -0.25) is 4.79 Å². The van der Waals surface area contributed by atoms with Crippen molar-refractivity contribution in [3.8, 4) is 0 Å². The molecule has 0 aromatic heterocycles. The van der Waals surface area contributed by atoms with E-state index in [1.807, 2.05) is 0 Å². The van der Waals surface area contributed by atoms with Gasteiger partial charge in [-0.05, 0) is 19.8 Å². The summed E-state index contributed by atoms with van der Waals surface area (Å²) in [5.74, 6) is -1.07. The highest BCUT2D eigenvalue weighted by molar-refractivity contribution is 5.79. The van der Waals surface area contributed by atoms with Crippen molar-refractivity contribution in [2.24, 2.45) is 0 Å². The van der Waals surface area contributed by atoms with Crippen molar-refractivity contribution < 1.29 is 19.4 Å². The average molecular weight is 173 g/mol. The Morgan fingerprint density at radius 3 is 2.58 bits per heavy atom. The summed E-state index contributed by atoms with van der Waals surface area (Å²) in [6.07, 6.45) is 1.13. The molecule has 68 valence electrons. The fraction of sp³-hybridized carbons (Fsp3) is 0.714. The highest BCUT2D eigenvalue weighted by atomic mass is 16.6. The van der Waals surface area contributed by atoms with Crippen molar-refractivity contribution in [1.82, 2.24) is 5.32 Å². The van der Waals surface area contributed by atoms with Gasteiger partial charge >= 0.3 is 12.1 Å². The molecule has 0 heterocycles. The van der Waals surface area contributed by atoms with Crippen LogP contribution in [-0.4, -0.2) is 29.3 Å². The molecular weight excluding hydrogens is 162 g/mol. The third-order valence-corrected chi connectivity index (χ3v) is 1.50. The number of hydrogen-bond donors (Lipinski definition) is 2. The van der Waals surface area contributed by atoms with Crippen LogP contribution in [0, 0.1) is 0 Å². The molecular formula is C7H11NO4. The molecule has 1 aliphatic carbocycles. The Hall–Kier alpha value is -1.26. The molecule has 1 aliphatic rings. The zero-order valence-electron chi connectivity index (χ0n) is 6.74. The first kappa shape index (κ1) is 8.83. The third kappa shape index (κ3) is 2.77. The first-order valence-electron chi connectivity index (χ1n) is 3.79. The molecule has 5 heteroatoms. The number of rotatable bonds is 3. The molecule has 0 aromatic rings. The summed E-state index contributed by atoms with van der Waals surface area (Å²) in [6, 6.07) is -0.892. The number of alkyl carbamates (subject to hydrolysis) is 1. The highest BCUT2D eigenvalue weighted by Gasteiger charge is 2.27. The Labute approximate surface area is 69.7 Å². The minimum absolute atomic E-state index is 0.00555. The van der Waals surface area contributed by atoms with Gasteiger partial charge in [-0.25, -0.2) is 4.79 Å². The van der Waals surface area contributed by atoms with Crippen LogP contribution in [-0.2, 0) is 9.53 Å². The van der Waals surface area contributed by atoms with Crippen LogP contribution in [0.4, 0.5) is 4.79 Å². The molecule has 1 unspecified atom stereocenters. The number of hydrogen-bond acceptors (Lipinski definition) is 3. The van der Waals surface area contributed by atoms with Crippen molar-refractivity contribution >= 4 is 12.1 Å². The molecule has 0 aliphatic heterocycles. The van der Waals surface area contributed by atoms with Gasteiger partial charge in [0.05, 0.1) is 0 Å². The molecule has 0 bridgehead atoms. The van der Waals surface area contributed by atoms with Gasteiger partial charge in [0.25, 0.3) is 0 Å². The maximum Gasteiger partial charge on any atom is 0.408 e. The second-order valence-corrected chi connectivity index (χ2v) is 2.81. The fourth-order valence-electron chi connectivity index (χ4n) is 0.610. The number of nitrogens with one attached hydrogen (secondary N) is 1. The Balaban J connectivity index is 2.19. The molecule has 1 atom stereocenters. The molecule has 2 N–H and O–H groups in total. The largest absolute Gasteiger partial charge is 0.480 e. The van der Waals surface area contributed by atoms with Gasteiger partial charge in [-0.15, -0.1) is 0 Å². The third-order valence-electron chi connectivity index (χ3n) is 1.50. The SMILES string of the molecule is CC(NC(=O)OC1CC1)C(=O)O. The minimum atomic E-state index is -1.07. The van der Waals surface area contributed by atoms with Crippen LogP contribution in [0.2, 0.25) is 0 Å². The number of amides is 1. The zero-order valence-corrected chi connectivity index (χ0v) is 6.74. The number of carbonyl (C=O) groups excluding carboxylic acids is 1. The smallest absolute Gasteiger partial charge is 0.408 e. The van der Waals surface area contributed by atoms with E-state index in [0.717, 1.165) is 12.8 Å². The van der Waals surface area contributed by atoms with Gasteiger partial charge in [0.2, 0.25) is 0 Å². The van der Waals surface area contributed by atoms with Crippen LogP contribution in [0.5, 0.6) is 0 Å². The topological polar surface area (TPSA) is 75.6 Å². The highest BCUT2D eigenvalue weighted by Crippen LogP contribution is 2.23. The molecule has 0 spiro atoms. The van der Waals surface area contributed by atoms with Gasteiger partial charge < -0.3 is 15.2 Å². The molecule has 12 heavy (non-hydrogen) atoms. The maximum absolute atomic E-state index is 10.8. The molecule has 0 saturated heterocycles. The predicted octanol–water partition coefficient (Wildman–Crippen LogP) is 0.348. The van der Waals surface area contributed by atoms with Crippen molar-refractivity contribution in [2.45, 2.75) is 31.9 Å². The molecule has 5 nitrogen and oxygen atoms in total. The lowest BCUT2D eigenvalue weighted by Gasteiger charge is -2.08. The normalized spacial score (nSPS) is 18.1. The van der Waals surface area contributed by atoms with Crippen LogP contribution in [0.3, 0.4) is 0 Å². The molecule has 1 amide bonds. The van der Waals surface area contributed by atoms with Gasteiger partial charge in [0, 0.05) is 0 Å². The Morgan fingerprint density at radius 2 is 2.17 bits per heavy atom. The number of carbonyl (C=O) groups is 2. The Kier molecular flexibility index (Phi) is 2.52. The van der Waals surface area contributed by atoms with E-state index in [1.54, 1.807) is 0 Å². The lowest BCUT2D eigenvalue weighted by molar-refractivity contribution is -0.138. The van der Waals surface area contributed by atoms with Gasteiger partial charge in [0.15, 0.2) is 0 Å². The van der Waals surface area contributed by atoms with E-state index >= 15 is 0 Å². The summed E-state index contributed by atoms with van der Waals surface area (Å²) >= 11 is 0. The summed E-state index contributed by atoms with van der Waals surface area (Å²) in [7, 11) is 0. The Morgan fingerprint density at radius 1 is 1.58 bits per heavy atom. The number of aliphatic carboxylic acids is 1. The van der Waals surface area contributed by atoms with Crippen LogP contribution < -0.4 is 5.32 Å². The van der Waals surface area contributed by atoms with Crippen molar-refractivity contribution in [3.05, 3.63) is 0 Å². The van der Waals surface area contributed by atoms with Gasteiger partial charge in [-0.2, -0.15) is 0 Å². The quantitative estimate of drug-likeness (QED) is 0.645. The summed E-state index contributed by atoms with van der Waals surface area (Å²) < 4.78 is 4.77. The van der Waals surface area contributed by atoms with Gasteiger partial charge in [0.1, 0.15) is 12.1 Å². The summed E-state index contributed by atoms with van der Waals surface area (Å²) in [6.45, 7) is 1.39. The molecule has 0 aromatic carbocycles. The molecule has 1 rings (SSSR count). The summed E-state index contributed by atoms with van der Waals surface area (Å²) in [4.78, 5) is 21.1. The second kappa shape index (κ2) is 3.42. The van der Waals surface area contributed by atoms with Crippen molar-refractivity contribution in [2.75, 3.05) is 0 Å². The lowest BCUT2D eigenvalue weighted by atomic mass is 10.4. The Bertz CT molecular complexity index is 200.